The Morgan fingerprint density at radius 2 is 2.00 bits per heavy atom. The minimum atomic E-state index is 0.732. The second-order valence-electron chi connectivity index (χ2n) is 5.65. The molecule has 0 bridgehead atoms. The number of hydrogen-bond donors (Lipinski definition) is 1. The van der Waals surface area contributed by atoms with Gasteiger partial charge >= 0.3 is 0 Å². The Balaban J connectivity index is 1.78. The highest BCUT2D eigenvalue weighted by molar-refractivity contribution is 9.10. The molecule has 0 aliphatic heterocycles. The lowest BCUT2D eigenvalue weighted by Gasteiger charge is -2.14. The van der Waals surface area contributed by atoms with Gasteiger partial charge in [-0.2, -0.15) is 0 Å². The molecule has 1 fully saturated rings. The van der Waals surface area contributed by atoms with E-state index in [0.717, 1.165) is 35.8 Å². The SMILES string of the molecule is CCCCCCCOc1c(Br)cccc1CNC1CC1. The maximum atomic E-state index is 6.01. The molecule has 0 radical (unpaired) electrons. The molecule has 0 heterocycles. The van der Waals surface area contributed by atoms with Crippen LogP contribution >= 0.6 is 15.9 Å². The van der Waals surface area contributed by atoms with Crippen molar-refractivity contribution in [3.8, 4) is 5.75 Å². The molecule has 1 aromatic rings. The van der Waals surface area contributed by atoms with Crippen LogP contribution in [0.25, 0.3) is 0 Å². The molecule has 1 aliphatic carbocycles. The van der Waals surface area contributed by atoms with E-state index < -0.39 is 0 Å². The van der Waals surface area contributed by atoms with E-state index >= 15 is 0 Å². The molecule has 3 heteroatoms. The van der Waals surface area contributed by atoms with E-state index in [-0.39, 0.29) is 0 Å². The van der Waals surface area contributed by atoms with Crippen LogP contribution in [0.15, 0.2) is 22.7 Å². The first kappa shape index (κ1) is 15.8. The summed E-state index contributed by atoms with van der Waals surface area (Å²) < 4.78 is 7.08. The Morgan fingerprint density at radius 3 is 2.75 bits per heavy atom. The van der Waals surface area contributed by atoms with E-state index in [1.165, 1.54) is 44.1 Å². The summed E-state index contributed by atoms with van der Waals surface area (Å²) in [6.07, 6.45) is 9.02. The average Bonchev–Trinajstić information content (AvgIpc) is 3.26. The van der Waals surface area contributed by atoms with Crippen LogP contribution in [-0.4, -0.2) is 12.6 Å². The first-order valence-electron chi connectivity index (χ1n) is 7.95. The normalized spacial score (nSPS) is 14.5. The van der Waals surface area contributed by atoms with Gasteiger partial charge in [0, 0.05) is 18.2 Å². The Bertz CT molecular complexity index is 404. The first-order chi connectivity index (χ1) is 9.81. The van der Waals surface area contributed by atoms with Gasteiger partial charge in [0.05, 0.1) is 11.1 Å². The van der Waals surface area contributed by atoms with Gasteiger partial charge in [-0.1, -0.05) is 44.7 Å². The number of ether oxygens (including phenoxy) is 1. The van der Waals surface area contributed by atoms with E-state index in [1.807, 2.05) is 0 Å². The lowest BCUT2D eigenvalue weighted by Crippen LogP contribution is -2.16. The smallest absolute Gasteiger partial charge is 0.137 e. The fraction of sp³-hybridized carbons (Fsp3) is 0.647. The van der Waals surface area contributed by atoms with Gasteiger partial charge in [0.1, 0.15) is 5.75 Å². The monoisotopic (exact) mass is 339 g/mol. The van der Waals surface area contributed by atoms with Crippen LogP contribution in [0.3, 0.4) is 0 Å². The number of benzene rings is 1. The van der Waals surface area contributed by atoms with Crippen LogP contribution in [-0.2, 0) is 6.54 Å². The van der Waals surface area contributed by atoms with Gasteiger partial charge in [-0.05, 0) is 41.3 Å². The van der Waals surface area contributed by atoms with E-state index in [4.69, 9.17) is 4.74 Å². The molecule has 2 rings (SSSR count). The zero-order chi connectivity index (χ0) is 14.2. The molecule has 1 saturated carbocycles. The van der Waals surface area contributed by atoms with E-state index in [2.05, 4.69) is 46.4 Å². The standard InChI is InChI=1S/C17H26BrNO/c1-2-3-4-5-6-12-20-17-14(8-7-9-16(17)18)13-19-15-10-11-15/h7-9,15,19H,2-6,10-13H2,1H3. The van der Waals surface area contributed by atoms with Crippen LogP contribution in [0, 0.1) is 0 Å². The van der Waals surface area contributed by atoms with Crippen molar-refractivity contribution in [2.75, 3.05) is 6.61 Å². The molecule has 0 aromatic heterocycles. The van der Waals surface area contributed by atoms with E-state index in [0.29, 0.717) is 0 Å². The Hall–Kier alpha value is -0.540. The van der Waals surface area contributed by atoms with Crippen LogP contribution in [0.2, 0.25) is 0 Å². The third-order valence-electron chi connectivity index (χ3n) is 3.70. The lowest BCUT2D eigenvalue weighted by molar-refractivity contribution is 0.299. The molecule has 112 valence electrons. The Kier molecular flexibility index (Phi) is 6.88. The predicted molar refractivity (Wildman–Crippen MR) is 88.3 cm³/mol. The number of para-hydroxylation sites is 1. The van der Waals surface area contributed by atoms with Gasteiger partial charge in [0.25, 0.3) is 0 Å². The molecule has 0 amide bonds. The molecule has 0 saturated heterocycles. The summed E-state index contributed by atoms with van der Waals surface area (Å²) in [4.78, 5) is 0. The molecule has 1 aromatic carbocycles. The molecular weight excluding hydrogens is 314 g/mol. The fourth-order valence-corrected chi connectivity index (χ4v) is 2.80. The molecular formula is C17H26BrNO. The quantitative estimate of drug-likeness (QED) is 0.602. The lowest BCUT2D eigenvalue weighted by atomic mass is 10.1. The highest BCUT2D eigenvalue weighted by Gasteiger charge is 2.20. The third-order valence-corrected chi connectivity index (χ3v) is 4.33. The van der Waals surface area contributed by atoms with Crippen molar-refractivity contribution < 1.29 is 4.74 Å². The highest BCUT2D eigenvalue weighted by Crippen LogP contribution is 2.30. The maximum Gasteiger partial charge on any atom is 0.137 e. The van der Waals surface area contributed by atoms with Crippen molar-refractivity contribution in [2.45, 2.75) is 64.5 Å². The summed E-state index contributed by atoms with van der Waals surface area (Å²) in [6, 6.07) is 7.04. The zero-order valence-corrected chi connectivity index (χ0v) is 14.0. The molecule has 0 atom stereocenters. The predicted octanol–water partition coefficient (Wildman–Crippen LogP) is 5.05. The van der Waals surface area contributed by atoms with Crippen LogP contribution in [0.5, 0.6) is 5.75 Å². The van der Waals surface area contributed by atoms with Gasteiger partial charge in [-0.3, -0.25) is 0 Å². The molecule has 1 N–H and O–H groups in total. The van der Waals surface area contributed by atoms with Crippen molar-refractivity contribution >= 4 is 15.9 Å². The number of rotatable bonds is 10. The van der Waals surface area contributed by atoms with Gasteiger partial charge in [-0.15, -0.1) is 0 Å². The van der Waals surface area contributed by atoms with Gasteiger partial charge in [-0.25, -0.2) is 0 Å². The summed E-state index contributed by atoms with van der Waals surface area (Å²) in [7, 11) is 0. The first-order valence-corrected chi connectivity index (χ1v) is 8.74. The molecule has 20 heavy (non-hydrogen) atoms. The summed E-state index contributed by atoms with van der Waals surface area (Å²) in [5.41, 5.74) is 1.26. The van der Waals surface area contributed by atoms with Crippen molar-refractivity contribution in [3.63, 3.8) is 0 Å². The molecule has 2 nitrogen and oxygen atoms in total. The molecule has 0 unspecified atom stereocenters. The Labute approximate surface area is 131 Å². The maximum absolute atomic E-state index is 6.01. The van der Waals surface area contributed by atoms with Gasteiger partial charge in [0.2, 0.25) is 0 Å². The van der Waals surface area contributed by atoms with Gasteiger partial charge in [0.15, 0.2) is 0 Å². The fourth-order valence-electron chi connectivity index (χ4n) is 2.28. The number of unbranched alkanes of at least 4 members (excludes halogenated alkanes) is 4. The summed E-state index contributed by atoms with van der Waals surface area (Å²) >= 11 is 3.61. The van der Waals surface area contributed by atoms with Gasteiger partial charge < -0.3 is 10.1 Å². The average molecular weight is 340 g/mol. The van der Waals surface area contributed by atoms with Crippen LogP contribution < -0.4 is 10.1 Å². The third kappa shape index (κ3) is 5.45. The van der Waals surface area contributed by atoms with E-state index in [1.54, 1.807) is 0 Å². The number of halogens is 1. The minimum absolute atomic E-state index is 0.732. The highest BCUT2D eigenvalue weighted by atomic mass is 79.9. The number of hydrogen-bond acceptors (Lipinski definition) is 2. The summed E-state index contributed by atoms with van der Waals surface area (Å²) in [5.74, 6) is 1.02. The van der Waals surface area contributed by atoms with Crippen molar-refractivity contribution in [1.82, 2.24) is 5.32 Å². The van der Waals surface area contributed by atoms with Crippen molar-refractivity contribution in [3.05, 3.63) is 28.2 Å². The second kappa shape index (κ2) is 8.68. The Morgan fingerprint density at radius 1 is 1.20 bits per heavy atom. The summed E-state index contributed by atoms with van der Waals surface area (Å²) in [6.45, 7) is 3.98. The molecule has 0 spiro atoms. The molecule has 1 aliphatic rings. The number of nitrogens with one attached hydrogen (secondary N) is 1. The second-order valence-corrected chi connectivity index (χ2v) is 6.50. The van der Waals surface area contributed by atoms with Crippen molar-refractivity contribution in [1.29, 1.82) is 0 Å². The zero-order valence-electron chi connectivity index (χ0n) is 12.5. The van der Waals surface area contributed by atoms with Crippen LogP contribution in [0.1, 0.15) is 57.4 Å². The van der Waals surface area contributed by atoms with E-state index in [9.17, 15) is 0 Å². The largest absolute Gasteiger partial charge is 0.492 e. The van der Waals surface area contributed by atoms with Crippen LogP contribution in [0.4, 0.5) is 0 Å². The van der Waals surface area contributed by atoms with Crippen molar-refractivity contribution in [2.24, 2.45) is 0 Å². The summed E-state index contributed by atoms with van der Waals surface area (Å²) in [5, 5.41) is 3.56. The topological polar surface area (TPSA) is 21.3 Å². The minimum Gasteiger partial charge on any atom is -0.492 e.